The highest BCUT2D eigenvalue weighted by atomic mass is 127. The lowest BCUT2D eigenvalue weighted by Crippen LogP contribution is -2.10. The summed E-state index contributed by atoms with van der Waals surface area (Å²) in [6.07, 6.45) is 0.967. The summed E-state index contributed by atoms with van der Waals surface area (Å²) in [7, 11) is 1.88. The van der Waals surface area contributed by atoms with Gasteiger partial charge in [-0.2, -0.15) is 0 Å². The van der Waals surface area contributed by atoms with E-state index < -0.39 is 0 Å². The second-order valence-electron chi connectivity index (χ2n) is 4.23. The topological polar surface area (TPSA) is 47.0 Å². The van der Waals surface area contributed by atoms with Crippen molar-refractivity contribution in [3.8, 4) is 0 Å². The Hall–Kier alpha value is -0.430. The molecule has 1 heterocycles. The second kappa shape index (κ2) is 7.10. The van der Waals surface area contributed by atoms with Crippen LogP contribution in [0.3, 0.4) is 0 Å². The van der Waals surface area contributed by atoms with Crippen molar-refractivity contribution in [3.63, 3.8) is 0 Å². The molecule has 0 unspecified atom stereocenters. The van der Waals surface area contributed by atoms with Crippen LogP contribution < -0.4 is 5.32 Å². The Bertz CT molecular complexity index is 369. The molecule has 4 nitrogen and oxygen atoms in total. The van der Waals surface area contributed by atoms with Crippen molar-refractivity contribution >= 4 is 28.4 Å². The number of hydrogen-bond donors (Lipinski definition) is 1. The highest BCUT2D eigenvalue weighted by Crippen LogP contribution is 2.21. The molecule has 0 aliphatic rings. The van der Waals surface area contributed by atoms with Crippen LogP contribution in [-0.2, 0) is 17.8 Å². The first-order chi connectivity index (χ1) is 8.08. The highest BCUT2D eigenvalue weighted by Gasteiger charge is 2.12. The quantitative estimate of drug-likeness (QED) is 0.803. The minimum absolute atomic E-state index is 0.479. The summed E-state index contributed by atoms with van der Waals surface area (Å²) in [5.74, 6) is 2.24. The van der Waals surface area contributed by atoms with E-state index in [1.54, 1.807) is 0 Å². The molecule has 1 aromatic heterocycles. The normalized spacial score (nSPS) is 10.9. The summed E-state index contributed by atoms with van der Waals surface area (Å²) in [5.41, 5.74) is 1.11. The van der Waals surface area contributed by atoms with Gasteiger partial charge in [0.15, 0.2) is 5.82 Å². The minimum Gasteiger partial charge on any atom is -0.374 e. The van der Waals surface area contributed by atoms with Crippen molar-refractivity contribution in [1.82, 2.24) is 9.97 Å². The number of rotatable bonds is 6. The Morgan fingerprint density at radius 2 is 2.06 bits per heavy atom. The van der Waals surface area contributed by atoms with Crippen LogP contribution in [0.15, 0.2) is 0 Å². The third-order valence-corrected chi connectivity index (χ3v) is 3.37. The summed E-state index contributed by atoms with van der Waals surface area (Å²) >= 11 is 2.30. The number of anilines is 1. The average Bonchev–Trinajstić information content (AvgIpc) is 2.29. The molecule has 0 aromatic carbocycles. The maximum Gasteiger partial charge on any atom is 0.156 e. The van der Waals surface area contributed by atoms with Gasteiger partial charge in [-0.25, -0.2) is 9.97 Å². The van der Waals surface area contributed by atoms with E-state index in [0.717, 1.165) is 27.3 Å². The molecule has 0 bridgehead atoms. The van der Waals surface area contributed by atoms with Gasteiger partial charge < -0.3 is 10.1 Å². The van der Waals surface area contributed by atoms with Crippen molar-refractivity contribution in [3.05, 3.63) is 15.1 Å². The maximum absolute atomic E-state index is 5.36. The Labute approximate surface area is 117 Å². The highest BCUT2D eigenvalue weighted by molar-refractivity contribution is 14.1. The van der Waals surface area contributed by atoms with Crippen LogP contribution in [0.1, 0.15) is 32.3 Å². The van der Waals surface area contributed by atoms with Gasteiger partial charge in [0.2, 0.25) is 0 Å². The van der Waals surface area contributed by atoms with Crippen LogP contribution >= 0.6 is 22.6 Å². The SMILES string of the molecule is CCOCc1nc(CC(C)C)c(I)c(NC)n1. The van der Waals surface area contributed by atoms with Crippen LogP contribution in [0.25, 0.3) is 0 Å². The summed E-state index contributed by atoms with van der Waals surface area (Å²) in [5, 5.41) is 3.11. The van der Waals surface area contributed by atoms with Crippen LogP contribution in [-0.4, -0.2) is 23.6 Å². The molecule has 0 amide bonds. The maximum atomic E-state index is 5.36. The Balaban J connectivity index is 3.00. The van der Waals surface area contributed by atoms with E-state index in [9.17, 15) is 0 Å². The minimum atomic E-state index is 0.479. The van der Waals surface area contributed by atoms with Crippen molar-refractivity contribution in [2.24, 2.45) is 5.92 Å². The van der Waals surface area contributed by atoms with Crippen molar-refractivity contribution in [2.75, 3.05) is 19.0 Å². The van der Waals surface area contributed by atoms with E-state index in [0.29, 0.717) is 19.1 Å². The van der Waals surface area contributed by atoms with Gasteiger partial charge in [0.1, 0.15) is 12.4 Å². The molecule has 17 heavy (non-hydrogen) atoms. The fraction of sp³-hybridized carbons (Fsp3) is 0.667. The standard InChI is InChI=1S/C12H20IN3O/c1-5-17-7-10-15-9(6-8(2)3)11(13)12(14-4)16-10/h8H,5-7H2,1-4H3,(H,14,15,16). The molecule has 1 aromatic rings. The van der Waals surface area contributed by atoms with Crippen LogP contribution in [0.4, 0.5) is 5.82 Å². The summed E-state index contributed by atoms with van der Waals surface area (Å²) in [6.45, 7) is 7.52. The number of ether oxygens (including phenoxy) is 1. The molecule has 0 aliphatic carbocycles. The van der Waals surface area contributed by atoms with Gasteiger partial charge in [0, 0.05) is 13.7 Å². The van der Waals surface area contributed by atoms with Gasteiger partial charge in [-0.05, 0) is 41.9 Å². The molecule has 0 fully saturated rings. The number of hydrogen-bond acceptors (Lipinski definition) is 4. The molecule has 0 radical (unpaired) electrons. The van der Waals surface area contributed by atoms with Gasteiger partial charge in [0.25, 0.3) is 0 Å². The zero-order valence-corrected chi connectivity index (χ0v) is 13.0. The van der Waals surface area contributed by atoms with Gasteiger partial charge in [0.05, 0.1) is 9.26 Å². The Morgan fingerprint density at radius 3 is 2.59 bits per heavy atom. The Kier molecular flexibility index (Phi) is 6.11. The number of aromatic nitrogens is 2. The molecule has 0 aliphatic heterocycles. The van der Waals surface area contributed by atoms with Crippen LogP contribution in [0, 0.1) is 9.49 Å². The molecule has 1 rings (SSSR count). The second-order valence-corrected chi connectivity index (χ2v) is 5.31. The largest absolute Gasteiger partial charge is 0.374 e. The molecule has 0 spiro atoms. The molecule has 0 saturated carbocycles. The fourth-order valence-electron chi connectivity index (χ4n) is 1.49. The van der Waals surface area contributed by atoms with Gasteiger partial charge >= 0.3 is 0 Å². The molecule has 0 saturated heterocycles. The summed E-state index contributed by atoms with van der Waals surface area (Å²) in [4.78, 5) is 9.02. The molecule has 96 valence electrons. The predicted molar refractivity (Wildman–Crippen MR) is 78.2 cm³/mol. The molecule has 0 atom stereocenters. The monoisotopic (exact) mass is 349 g/mol. The van der Waals surface area contributed by atoms with Gasteiger partial charge in [-0.15, -0.1) is 0 Å². The van der Waals surface area contributed by atoms with Crippen molar-refractivity contribution < 1.29 is 4.74 Å². The first-order valence-corrected chi connectivity index (χ1v) is 6.97. The van der Waals surface area contributed by atoms with Gasteiger partial charge in [-0.3, -0.25) is 0 Å². The van der Waals surface area contributed by atoms with Crippen molar-refractivity contribution in [2.45, 2.75) is 33.8 Å². The van der Waals surface area contributed by atoms with E-state index >= 15 is 0 Å². The number of halogens is 1. The lowest BCUT2D eigenvalue weighted by atomic mass is 10.1. The molecular weight excluding hydrogens is 329 g/mol. The summed E-state index contributed by atoms with van der Waals surface area (Å²) < 4.78 is 6.47. The zero-order chi connectivity index (χ0) is 12.8. The molecular formula is C12H20IN3O. The van der Waals surface area contributed by atoms with Crippen molar-refractivity contribution in [1.29, 1.82) is 0 Å². The van der Waals surface area contributed by atoms with E-state index in [4.69, 9.17) is 4.74 Å². The van der Waals surface area contributed by atoms with Crippen LogP contribution in [0.2, 0.25) is 0 Å². The lowest BCUT2D eigenvalue weighted by Gasteiger charge is -2.12. The fourth-order valence-corrected chi connectivity index (χ4v) is 2.22. The first-order valence-electron chi connectivity index (χ1n) is 5.89. The third kappa shape index (κ3) is 4.39. The van der Waals surface area contributed by atoms with Gasteiger partial charge in [-0.1, -0.05) is 13.8 Å². The van der Waals surface area contributed by atoms with E-state index in [1.807, 2.05) is 14.0 Å². The third-order valence-electron chi connectivity index (χ3n) is 2.24. The lowest BCUT2D eigenvalue weighted by molar-refractivity contribution is 0.128. The zero-order valence-electron chi connectivity index (χ0n) is 10.9. The smallest absolute Gasteiger partial charge is 0.156 e. The van der Waals surface area contributed by atoms with E-state index in [2.05, 4.69) is 51.7 Å². The first kappa shape index (κ1) is 14.6. The number of nitrogens with zero attached hydrogens (tertiary/aromatic N) is 2. The summed E-state index contributed by atoms with van der Waals surface area (Å²) in [6, 6.07) is 0. The Morgan fingerprint density at radius 1 is 1.35 bits per heavy atom. The predicted octanol–water partition coefficient (Wildman–Crippen LogP) is 2.86. The van der Waals surface area contributed by atoms with E-state index in [1.165, 1.54) is 0 Å². The average molecular weight is 349 g/mol. The molecule has 5 heteroatoms. The van der Waals surface area contributed by atoms with Crippen LogP contribution in [0.5, 0.6) is 0 Å². The number of nitrogens with one attached hydrogen (secondary N) is 1. The van der Waals surface area contributed by atoms with E-state index in [-0.39, 0.29) is 0 Å². The molecule has 1 N–H and O–H groups in total.